The molecule has 114 valence electrons. The van der Waals surface area contributed by atoms with Crippen molar-refractivity contribution < 1.29 is 4.79 Å². The largest absolute Gasteiger partial charge is 0.323 e. The second kappa shape index (κ2) is 6.66. The molecule has 1 aromatic carbocycles. The maximum absolute atomic E-state index is 12.3. The molecule has 1 amide bonds. The zero-order valence-electron chi connectivity index (χ0n) is 11.3. The van der Waals surface area contributed by atoms with Crippen LogP contribution in [-0.2, 0) is 4.79 Å². The third-order valence-electron chi connectivity index (χ3n) is 4.10. The maximum atomic E-state index is 12.3. The average Bonchev–Trinajstić information content (AvgIpc) is 2.94. The van der Waals surface area contributed by atoms with E-state index in [1.54, 1.807) is 0 Å². The number of hydrogen-bond donors (Lipinski definition) is 2. The first kappa shape index (κ1) is 15.9. The van der Waals surface area contributed by atoms with Crippen LogP contribution in [-0.4, -0.2) is 43.5 Å². The summed E-state index contributed by atoms with van der Waals surface area (Å²) in [6, 6.07) is 3.85. The number of anilines is 1. The van der Waals surface area contributed by atoms with Gasteiger partial charge in [0.15, 0.2) is 0 Å². The van der Waals surface area contributed by atoms with Gasteiger partial charge in [0.2, 0.25) is 5.91 Å². The monoisotopic (exact) mass is 479 g/mol. The molecule has 7 heteroatoms. The topological polar surface area (TPSA) is 44.4 Å². The number of likely N-dealkylation sites (tertiary alicyclic amines) is 1. The predicted molar refractivity (Wildman–Crippen MR) is 94.5 cm³/mol. The Morgan fingerprint density at radius 1 is 1.19 bits per heavy atom. The van der Waals surface area contributed by atoms with Crippen molar-refractivity contribution in [2.45, 2.75) is 0 Å². The molecule has 2 N–H and O–H groups in total. The van der Waals surface area contributed by atoms with Crippen LogP contribution in [0.2, 0.25) is 0 Å². The first-order valence-electron chi connectivity index (χ1n) is 6.90. The summed E-state index contributed by atoms with van der Waals surface area (Å²) in [6.45, 7) is 4.68. The number of hydrogen-bond acceptors (Lipinski definition) is 3. The van der Waals surface area contributed by atoms with Crippen LogP contribution in [0.1, 0.15) is 0 Å². The van der Waals surface area contributed by atoms with Crippen molar-refractivity contribution >= 4 is 59.4 Å². The lowest BCUT2D eigenvalue weighted by atomic mass is 10.0. The van der Waals surface area contributed by atoms with Gasteiger partial charge in [0.05, 0.1) is 12.2 Å². The molecule has 2 saturated heterocycles. The number of rotatable bonds is 3. The van der Waals surface area contributed by atoms with Crippen LogP contribution in [0.15, 0.2) is 25.6 Å². The van der Waals surface area contributed by atoms with Gasteiger partial charge in [-0.05, 0) is 68.9 Å². The number of benzene rings is 1. The molecule has 21 heavy (non-hydrogen) atoms. The molecule has 3 rings (SSSR count). The quantitative estimate of drug-likeness (QED) is 0.697. The first-order chi connectivity index (χ1) is 10.0. The molecule has 0 radical (unpaired) electrons. The minimum absolute atomic E-state index is 0.0339. The fourth-order valence-electron chi connectivity index (χ4n) is 3.13. The van der Waals surface area contributed by atoms with Crippen LogP contribution in [0, 0.1) is 11.8 Å². The van der Waals surface area contributed by atoms with E-state index in [1.165, 1.54) is 0 Å². The Kier molecular flexibility index (Phi) is 5.05. The minimum atomic E-state index is 0.0339. The third-order valence-corrected chi connectivity index (χ3v) is 5.81. The van der Waals surface area contributed by atoms with Crippen molar-refractivity contribution in [3.63, 3.8) is 0 Å². The molecule has 0 aliphatic carbocycles. The third kappa shape index (κ3) is 3.69. The molecule has 2 fully saturated rings. The van der Waals surface area contributed by atoms with E-state index in [0.717, 1.165) is 45.3 Å². The molecular formula is C14H16Br3N3O. The Bertz CT molecular complexity index is 531. The standard InChI is InChI=1S/C14H16Br3N3O/c15-10-1-11(16)14(12(17)2-10)19-13(21)7-20-5-8-3-18-4-9(8)6-20/h1-2,8-9,18H,3-7H2,(H,19,21)/t8-,9+. The molecular weight excluding hydrogens is 466 g/mol. The highest BCUT2D eigenvalue weighted by Gasteiger charge is 2.36. The number of nitrogens with one attached hydrogen (secondary N) is 2. The van der Waals surface area contributed by atoms with Gasteiger partial charge in [-0.15, -0.1) is 0 Å². The number of halogens is 3. The number of carbonyl (C=O) groups is 1. The van der Waals surface area contributed by atoms with E-state index >= 15 is 0 Å². The highest BCUT2D eigenvalue weighted by Crippen LogP contribution is 2.34. The summed E-state index contributed by atoms with van der Waals surface area (Å²) in [5.74, 6) is 1.46. The van der Waals surface area contributed by atoms with Crippen molar-refractivity contribution in [1.82, 2.24) is 10.2 Å². The summed E-state index contributed by atoms with van der Waals surface area (Å²) < 4.78 is 2.68. The van der Waals surface area contributed by atoms with Crippen LogP contribution in [0.4, 0.5) is 5.69 Å². The molecule has 2 aliphatic rings. The molecule has 0 unspecified atom stereocenters. The SMILES string of the molecule is O=C(CN1C[C@H]2CNC[C@H]2C1)Nc1c(Br)cc(Br)cc1Br. The molecule has 2 heterocycles. The average molecular weight is 482 g/mol. The molecule has 0 spiro atoms. The van der Waals surface area contributed by atoms with Crippen molar-refractivity contribution in [2.24, 2.45) is 11.8 Å². The van der Waals surface area contributed by atoms with Gasteiger partial charge in [0.1, 0.15) is 0 Å². The second-order valence-corrected chi connectivity index (χ2v) is 8.29. The number of carbonyl (C=O) groups excluding carboxylic acids is 1. The normalized spacial score (nSPS) is 25.1. The van der Waals surface area contributed by atoms with Gasteiger partial charge in [0, 0.05) is 26.5 Å². The first-order valence-corrected chi connectivity index (χ1v) is 9.28. The van der Waals surface area contributed by atoms with Crippen LogP contribution in [0.25, 0.3) is 0 Å². The molecule has 2 atom stereocenters. The Labute approximate surface area is 149 Å². The van der Waals surface area contributed by atoms with E-state index in [1.807, 2.05) is 12.1 Å². The van der Waals surface area contributed by atoms with Crippen LogP contribution < -0.4 is 10.6 Å². The summed E-state index contributed by atoms with van der Waals surface area (Å²) in [7, 11) is 0. The van der Waals surface area contributed by atoms with Crippen molar-refractivity contribution in [3.05, 3.63) is 25.6 Å². The molecule has 2 aliphatic heterocycles. The zero-order chi connectivity index (χ0) is 15.0. The molecule has 4 nitrogen and oxygen atoms in total. The molecule has 0 aromatic heterocycles. The van der Waals surface area contributed by atoms with Gasteiger partial charge < -0.3 is 10.6 Å². The summed E-state index contributed by atoms with van der Waals surface area (Å²) in [6.07, 6.45) is 0. The van der Waals surface area contributed by atoms with Gasteiger partial charge in [-0.1, -0.05) is 15.9 Å². The van der Waals surface area contributed by atoms with Gasteiger partial charge >= 0.3 is 0 Å². The van der Waals surface area contributed by atoms with Crippen molar-refractivity contribution in [3.8, 4) is 0 Å². The Morgan fingerprint density at radius 3 is 2.33 bits per heavy atom. The summed E-state index contributed by atoms with van der Waals surface area (Å²) in [5.41, 5.74) is 0.782. The highest BCUT2D eigenvalue weighted by atomic mass is 79.9. The highest BCUT2D eigenvalue weighted by molar-refractivity contribution is 9.11. The maximum Gasteiger partial charge on any atom is 0.238 e. The van der Waals surface area contributed by atoms with E-state index in [4.69, 9.17) is 0 Å². The van der Waals surface area contributed by atoms with E-state index in [-0.39, 0.29) is 5.91 Å². The fraction of sp³-hybridized carbons (Fsp3) is 0.500. The number of amides is 1. The van der Waals surface area contributed by atoms with E-state index in [9.17, 15) is 4.79 Å². The Balaban J connectivity index is 1.60. The number of nitrogens with zero attached hydrogens (tertiary/aromatic N) is 1. The van der Waals surface area contributed by atoms with E-state index in [0.29, 0.717) is 18.4 Å². The number of fused-ring (bicyclic) bond motifs is 1. The van der Waals surface area contributed by atoms with E-state index in [2.05, 4.69) is 63.3 Å². The van der Waals surface area contributed by atoms with Crippen LogP contribution in [0.3, 0.4) is 0 Å². The van der Waals surface area contributed by atoms with Gasteiger partial charge in [-0.2, -0.15) is 0 Å². The smallest absolute Gasteiger partial charge is 0.238 e. The molecule has 1 aromatic rings. The summed E-state index contributed by atoms with van der Waals surface area (Å²) in [4.78, 5) is 14.5. The predicted octanol–water partition coefficient (Wildman–Crippen LogP) is 3.06. The van der Waals surface area contributed by atoms with Gasteiger partial charge in [0.25, 0.3) is 0 Å². The lowest BCUT2D eigenvalue weighted by Crippen LogP contribution is -2.33. The summed E-state index contributed by atoms with van der Waals surface area (Å²) >= 11 is 10.4. The molecule has 0 saturated carbocycles. The fourth-order valence-corrected chi connectivity index (χ4v) is 5.58. The summed E-state index contributed by atoms with van der Waals surface area (Å²) in [5, 5.41) is 6.40. The lowest BCUT2D eigenvalue weighted by Gasteiger charge is -2.17. The Hall–Kier alpha value is 0.0500. The van der Waals surface area contributed by atoms with Gasteiger partial charge in [-0.3, -0.25) is 9.69 Å². The van der Waals surface area contributed by atoms with E-state index < -0.39 is 0 Å². The second-order valence-electron chi connectivity index (χ2n) is 5.67. The van der Waals surface area contributed by atoms with Crippen LogP contribution in [0.5, 0.6) is 0 Å². The minimum Gasteiger partial charge on any atom is -0.323 e. The molecule has 0 bridgehead atoms. The lowest BCUT2D eigenvalue weighted by molar-refractivity contribution is -0.117. The van der Waals surface area contributed by atoms with Crippen molar-refractivity contribution in [1.29, 1.82) is 0 Å². The van der Waals surface area contributed by atoms with Crippen molar-refractivity contribution in [2.75, 3.05) is 38.0 Å². The van der Waals surface area contributed by atoms with Crippen LogP contribution >= 0.6 is 47.8 Å². The Morgan fingerprint density at radius 2 is 1.76 bits per heavy atom. The van der Waals surface area contributed by atoms with Gasteiger partial charge in [-0.25, -0.2) is 0 Å². The zero-order valence-corrected chi connectivity index (χ0v) is 16.1.